The van der Waals surface area contributed by atoms with Gasteiger partial charge in [-0.25, -0.2) is 19.2 Å². The number of nitrogens with zero attached hydrogens (tertiary/aromatic N) is 3. The molecule has 168 valence electrons. The van der Waals surface area contributed by atoms with Crippen LogP contribution in [0.1, 0.15) is 19.3 Å². The molecule has 1 spiro atoms. The van der Waals surface area contributed by atoms with Crippen molar-refractivity contribution in [2.24, 2.45) is 5.92 Å². The number of hydrogen-bond donors (Lipinski definition) is 1. The monoisotopic (exact) mass is 453 g/mol. The highest BCUT2D eigenvalue weighted by molar-refractivity contribution is 8.01. The highest BCUT2D eigenvalue weighted by Gasteiger charge is 2.50. The Morgan fingerprint density at radius 2 is 1.90 bits per heavy atom. The molecule has 1 aromatic rings. The quantitative estimate of drug-likeness (QED) is 0.697. The van der Waals surface area contributed by atoms with E-state index in [1.54, 1.807) is 0 Å². The van der Waals surface area contributed by atoms with Crippen LogP contribution < -0.4 is 4.90 Å². The van der Waals surface area contributed by atoms with Gasteiger partial charge in [0.05, 0.1) is 23.2 Å². The zero-order valence-corrected chi connectivity index (χ0v) is 16.9. The van der Waals surface area contributed by atoms with Gasteiger partial charge in [0.15, 0.2) is 5.82 Å². The number of aromatic nitrogens is 2. The lowest BCUT2D eigenvalue weighted by molar-refractivity contribution is -0.192. The van der Waals surface area contributed by atoms with E-state index < -0.39 is 12.1 Å². The Morgan fingerprint density at radius 1 is 1.30 bits per heavy atom. The minimum absolute atomic E-state index is 0.276. The first kappa shape index (κ1) is 23.0. The fourth-order valence-electron chi connectivity index (χ4n) is 3.57. The third-order valence-electron chi connectivity index (χ3n) is 5.17. The summed E-state index contributed by atoms with van der Waals surface area (Å²) >= 11 is 2.01. The first-order valence-corrected chi connectivity index (χ1v) is 10.5. The number of carbonyl (C=O) groups is 1. The third-order valence-corrected chi connectivity index (χ3v) is 6.75. The normalized spacial score (nSPS) is 23.6. The number of aliphatic carboxylic acids is 1. The molecule has 0 saturated carbocycles. The van der Waals surface area contributed by atoms with Gasteiger partial charge in [0.1, 0.15) is 0 Å². The summed E-state index contributed by atoms with van der Waals surface area (Å²) in [5, 5.41) is 7.12. The van der Waals surface area contributed by atoms with Crippen molar-refractivity contribution in [1.29, 1.82) is 0 Å². The molecule has 4 heterocycles. The second-order valence-corrected chi connectivity index (χ2v) is 9.06. The molecule has 1 aromatic heterocycles. The first-order valence-electron chi connectivity index (χ1n) is 9.53. The fourth-order valence-corrected chi connectivity index (χ4v) is 5.13. The predicted molar refractivity (Wildman–Crippen MR) is 101 cm³/mol. The molecule has 1 N–H and O–H groups in total. The zero-order chi connectivity index (χ0) is 21.8. The van der Waals surface area contributed by atoms with Crippen LogP contribution in [0.2, 0.25) is 0 Å². The van der Waals surface area contributed by atoms with E-state index >= 15 is 0 Å². The molecule has 0 amide bonds. The van der Waals surface area contributed by atoms with Gasteiger partial charge >= 0.3 is 12.1 Å². The zero-order valence-electron chi connectivity index (χ0n) is 16.1. The summed E-state index contributed by atoms with van der Waals surface area (Å²) < 4.78 is 56.4. The highest BCUT2D eigenvalue weighted by atomic mass is 32.2. The van der Waals surface area contributed by atoms with E-state index in [2.05, 4.69) is 14.9 Å². The summed E-state index contributed by atoms with van der Waals surface area (Å²) in [7, 11) is 0. The number of ether oxygens (including phenoxy) is 2. The van der Waals surface area contributed by atoms with Crippen molar-refractivity contribution in [3.63, 3.8) is 0 Å². The minimum Gasteiger partial charge on any atom is -0.475 e. The summed E-state index contributed by atoms with van der Waals surface area (Å²) in [6.07, 6.45) is 1.09. The third kappa shape index (κ3) is 6.17. The molecule has 3 fully saturated rings. The lowest BCUT2D eigenvalue weighted by Crippen LogP contribution is -2.59. The van der Waals surface area contributed by atoms with Gasteiger partial charge in [-0.3, -0.25) is 0 Å². The van der Waals surface area contributed by atoms with E-state index in [0.29, 0.717) is 18.0 Å². The van der Waals surface area contributed by atoms with Crippen LogP contribution in [0.15, 0.2) is 12.4 Å². The smallest absolute Gasteiger partial charge is 0.475 e. The van der Waals surface area contributed by atoms with Gasteiger partial charge in [-0.15, -0.1) is 11.8 Å². The number of anilines is 1. The van der Waals surface area contributed by atoms with Crippen LogP contribution in [0.3, 0.4) is 0 Å². The van der Waals surface area contributed by atoms with E-state index in [-0.39, 0.29) is 10.6 Å². The highest BCUT2D eigenvalue weighted by Crippen LogP contribution is 2.46. The second kappa shape index (κ2) is 9.65. The SMILES string of the molecule is Fc1cnc(N2CC3(CC(OCC4CCOCC4)CS3)C2)nc1.O=C(O)C(F)(F)F. The standard InChI is InChI=1S/C16H22FN3O2S.C2HF3O2/c17-13-6-18-15(19-7-13)20-10-16(11-20)5-14(9-23-16)22-8-12-1-3-21-4-2-12;3-2(4,5)1(6)7/h6-7,12,14H,1-5,8-11H2;(H,6,7). The summed E-state index contributed by atoms with van der Waals surface area (Å²) in [5.74, 6) is -0.783. The maximum Gasteiger partial charge on any atom is 0.490 e. The number of thioether (sulfide) groups is 1. The van der Waals surface area contributed by atoms with Gasteiger partial charge in [0.2, 0.25) is 5.95 Å². The first-order chi connectivity index (χ1) is 14.2. The molecular formula is C18H23F4N3O4S. The Morgan fingerprint density at radius 3 is 2.47 bits per heavy atom. The summed E-state index contributed by atoms with van der Waals surface area (Å²) in [6.45, 7) is 4.49. The Kier molecular flexibility index (Phi) is 7.40. The van der Waals surface area contributed by atoms with Crippen LogP contribution >= 0.6 is 11.8 Å². The minimum atomic E-state index is -5.08. The van der Waals surface area contributed by atoms with E-state index in [9.17, 15) is 17.6 Å². The maximum atomic E-state index is 12.9. The van der Waals surface area contributed by atoms with Crippen molar-refractivity contribution in [3.05, 3.63) is 18.2 Å². The van der Waals surface area contributed by atoms with Crippen molar-refractivity contribution < 1.29 is 36.9 Å². The van der Waals surface area contributed by atoms with Crippen molar-refractivity contribution in [3.8, 4) is 0 Å². The molecule has 3 saturated heterocycles. The van der Waals surface area contributed by atoms with Crippen LogP contribution in [0.4, 0.5) is 23.5 Å². The molecule has 0 radical (unpaired) electrons. The molecule has 4 rings (SSSR count). The molecular weight excluding hydrogens is 430 g/mol. The number of carboxylic acid groups (broad SMARTS) is 1. The van der Waals surface area contributed by atoms with Gasteiger partial charge in [-0.2, -0.15) is 13.2 Å². The van der Waals surface area contributed by atoms with Gasteiger partial charge in [0, 0.05) is 38.7 Å². The Balaban J connectivity index is 0.000000318. The lowest BCUT2D eigenvalue weighted by atomic mass is 9.93. The molecule has 0 aliphatic carbocycles. The summed E-state index contributed by atoms with van der Waals surface area (Å²) in [6, 6.07) is 0. The van der Waals surface area contributed by atoms with Gasteiger partial charge in [-0.1, -0.05) is 0 Å². The largest absolute Gasteiger partial charge is 0.490 e. The van der Waals surface area contributed by atoms with Gasteiger partial charge in [0.25, 0.3) is 0 Å². The Bertz CT molecular complexity index is 710. The van der Waals surface area contributed by atoms with Crippen LogP contribution in [0.25, 0.3) is 0 Å². The molecule has 0 bridgehead atoms. The van der Waals surface area contributed by atoms with Gasteiger partial charge in [-0.05, 0) is 25.2 Å². The maximum absolute atomic E-state index is 12.9. The fraction of sp³-hybridized carbons (Fsp3) is 0.722. The molecule has 1 atom stereocenters. The number of rotatable bonds is 4. The molecule has 3 aliphatic heterocycles. The number of alkyl halides is 3. The van der Waals surface area contributed by atoms with Crippen LogP contribution in [0.5, 0.6) is 0 Å². The Hall–Kier alpha value is -1.66. The lowest BCUT2D eigenvalue weighted by Gasteiger charge is -2.47. The van der Waals surface area contributed by atoms with Crippen molar-refractivity contribution >= 4 is 23.7 Å². The number of carboxylic acids is 1. The molecule has 30 heavy (non-hydrogen) atoms. The predicted octanol–water partition coefficient (Wildman–Crippen LogP) is 2.76. The Labute approximate surface area is 175 Å². The van der Waals surface area contributed by atoms with Crippen LogP contribution in [-0.4, -0.2) is 76.7 Å². The van der Waals surface area contributed by atoms with Crippen molar-refractivity contribution in [2.75, 3.05) is 43.6 Å². The molecule has 1 unspecified atom stereocenters. The van der Waals surface area contributed by atoms with Crippen molar-refractivity contribution in [1.82, 2.24) is 9.97 Å². The number of halogens is 4. The molecule has 7 nitrogen and oxygen atoms in total. The average molecular weight is 453 g/mol. The molecule has 3 aliphatic rings. The molecule has 0 aromatic carbocycles. The van der Waals surface area contributed by atoms with E-state index in [1.165, 1.54) is 12.4 Å². The van der Waals surface area contributed by atoms with Crippen molar-refractivity contribution in [2.45, 2.75) is 36.3 Å². The van der Waals surface area contributed by atoms with E-state index in [4.69, 9.17) is 19.4 Å². The van der Waals surface area contributed by atoms with E-state index in [0.717, 1.165) is 57.9 Å². The van der Waals surface area contributed by atoms with Crippen LogP contribution in [-0.2, 0) is 14.3 Å². The summed E-state index contributed by atoms with van der Waals surface area (Å²) in [4.78, 5) is 19.1. The number of hydrogen-bond acceptors (Lipinski definition) is 7. The topological polar surface area (TPSA) is 84.8 Å². The average Bonchev–Trinajstić information content (AvgIpc) is 3.11. The molecule has 12 heteroatoms. The summed E-state index contributed by atoms with van der Waals surface area (Å²) in [5.41, 5.74) is 0. The van der Waals surface area contributed by atoms with Crippen LogP contribution in [0, 0.1) is 11.7 Å². The van der Waals surface area contributed by atoms with E-state index in [1.807, 2.05) is 11.8 Å². The second-order valence-electron chi connectivity index (χ2n) is 7.57. The van der Waals surface area contributed by atoms with Gasteiger partial charge < -0.3 is 19.5 Å².